The van der Waals surface area contributed by atoms with E-state index in [0.717, 1.165) is 26.2 Å². The van der Waals surface area contributed by atoms with Crippen molar-refractivity contribution in [2.75, 3.05) is 26.2 Å². The molecule has 0 spiro atoms. The van der Waals surface area contributed by atoms with Gasteiger partial charge in [0.2, 0.25) is 5.91 Å². The van der Waals surface area contributed by atoms with Gasteiger partial charge in [-0.3, -0.25) is 9.69 Å². The average molecular weight is 253 g/mol. The van der Waals surface area contributed by atoms with E-state index in [4.69, 9.17) is 0 Å². The first-order valence-electron chi connectivity index (χ1n) is 7.53. The summed E-state index contributed by atoms with van der Waals surface area (Å²) < 4.78 is 0. The second-order valence-electron chi connectivity index (χ2n) is 5.61. The zero-order valence-electron chi connectivity index (χ0n) is 11.6. The monoisotopic (exact) mass is 253 g/mol. The number of nitrogens with zero attached hydrogens (tertiary/aromatic N) is 1. The molecular formula is C14H27N3O. The molecule has 1 aliphatic heterocycles. The third-order valence-corrected chi connectivity index (χ3v) is 3.90. The summed E-state index contributed by atoms with van der Waals surface area (Å²) in [6.45, 7) is 6.52. The van der Waals surface area contributed by atoms with Crippen molar-refractivity contribution in [3.8, 4) is 0 Å². The zero-order chi connectivity index (χ0) is 12.8. The van der Waals surface area contributed by atoms with Crippen LogP contribution in [0.4, 0.5) is 0 Å². The van der Waals surface area contributed by atoms with Crippen LogP contribution in [0.1, 0.15) is 45.4 Å². The maximum absolute atomic E-state index is 11.7. The Hall–Kier alpha value is -0.610. The summed E-state index contributed by atoms with van der Waals surface area (Å²) in [5.74, 6) is 0.243. The Balaban J connectivity index is 1.71. The molecule has 1 aliphatic carbocycles. The van der Waals surface area contributed by atoms with Crippen LogP contribution < -0.4 is 10.6 Å². The first-order chi connectivity index (χ1) is 8.79. The lowest BCUT2D eigenvalue weighted by Crippen LogP contribution is -2.44. The average Bonchev–Trinajstić information content (AvgIpc) is 3.19. The Labute approximate surface area is 110 Å². The Kier molecular flexibility index (Phi) is 5.45. The lowest BCUT2D eigenvalue weighted by molar-refractivity contribution is -0.121. The minimum Gasteiger partial charge on any atom is -0.353 e. The van der Waals surface area contributed by atoms with Gasteiger partial charge in [-0.25, -0.2) is 0 Å². The molecule has 0 aromatic rings. The van der Waals surface area contributed by atoms with Gasteiger partial charge in [0.25, 0.3) is 0 Å². The van der Waals surface area contributed by atoms with E-state index < -0.39 is 0 Å². The maximum atomic E-state index is 11.7. The van der Waals surface area contributed by atoms with Crippen molar-refractivity contribution in [2.24, 2.45) is 0 Å². The molecule has 2 N–H and O–H groups in total. The molecule has 2 rings (SSSR count). The Bertz CT molecular complexity index is 260. The number of carbonyl (C=O) groups is 1. The van der Waals surface area contributed by atoms with Crippen molar-refractivity contribution in [3.05, 3.63) is 0 Å². The van der Waals surface area contributed by atoms with Gasteiger partial charge in [-0.15, -0.1) is 0 Å². The molecule has 0 atom stereocenters. The summed E-state index contributed by atoms with van der Waals surface area (Å²) in [6, 6.07) is 1.18. The van der Waals surface area contributed by atoms with Gasteiger partial charge >= 0.3 is 0 Å². The van der Waals surface area contributed by atoms with Crippen LogP contribution in [0.2, 0.25) is 0 Å². The van der Waals surface area contributed by atoms with Gasteiger partial charge in [-0.05, 0) is 51.7 Å². The van der Waals surface area contributed by atoms with Gasteiger partial charge in [-0.2, -0.15) is 0 Å². The first kappa shape index (κ1) is 13.8. The van der Waals surface area contributed by atoms with Crippen LogP contribution in [0.5, 0.6) is 0 Å². The lowest BCUT2D eigenvalue weighted by Gasteiger charge is -2.34. The van der Waals surface area contributed by atoms with E-state index in [0.29, 0.717) is 18.5 Å². The molecule has 1 saturated carbocycles. The van der Waals surface area contributed by atoms with Crippen molar-refractivity contribution in [3.63, 3.8) is 0 Å². The molecule has 0 aromatic carbocycles. The van der Waals surface area contributed by atoms with Gasteiger partial charge in [0, 0.05) is 25.0 Å². The molecule has 1 amide bonds. The van der Waals surface area contributed by atoms with Gasteiger partial charge in [0.05, 0.1) is 0 Å². The number of nitrogens with one attached hydrogen (secondary N) is 2. The quantitative estimate of drug-likeness (QED) is 0.714. The van der Waals surface area contributed by atoms with Crippen molar-refractivity contribution in [1.82, 2.24) is 15.5 Å². The van der Waals surface area contributed by atoms with E-state index in [1.54, 1.807) is 0 Å². The Morgan fingerprint density at radius 1 is 1.22 bits per heavy atom. The van der Waals surface area contributed by atoms with Crippen LogP contribution >= 0.6 is 0 Å². The van der Waals surface area contributed by atoms with E-state index in [1.807, 2.05) is 0 Å². The fourth-order valence-corrected chi connectivity index (χ4v) is 2.71. The number of rotatable bonds is 7. The summed E-state index contributed by atoms with van der Waals surface area (Å²) in [6.07, 6.45) is 6.65. The predicted octanol–water partition coefficient (Wildman–Crippen LogP) is 1.12. The van der Waals surface area contributed by atoms with Crippen LogP contribution in [-0.4, -0.2) is 49.1 Å². The summed E-state index contributed by atoms with van der Waals surface area (Å²) in [4.78, 5) is 14.3. The third kappa shape index (κ3) is 4.58. The molecule has 2 aliphatic rings. The van der Waals surface area contributed by atoms with Crippen molar-refractivity contribution in [1.29, 1.82) is 0 Å². The van der Waals surface area contributed by atoms with Gasteiger partial charge in [0.15, 0.2) is 0 Å². The zero-order valence-corrected chi connectivity index (χ0v) is 11.6. The molecule has 1 saturated heterocycles. The van der Waals surface area contributed by atoms with E-state index in [1.165, 1.54) is 32.1 Å². The molecule has 4 nitrogen and oxygen atoms in total. The summed E-state index contributed by atoms with van der Waals surface area (Å²) in [7, 11) is 0. The van der Waals surface area contributed by atoms with Crippen LogP contribution in [0.3, 0.4) is 0 Å². The number of carbonyl (C=O) groups excluding carboxylic acids is 1. The van der Waals surface area contributed by atoms with Crippen LogP contribution in [-0.2, 0) is 4.79 Å². The maximum Gasteiger partial charge on any atom is 0.221 e. The fraction of sp³-hybridized carbons (Fsp3) is 0.929. The number of piperidine rings is 1. The highest BCUT2D eigenvalue weighted by molar-refractivity contribution is 5.76. The van der Waals surface area contributed by atoms with Crippen LogP contribution in [0.15, 0.2) is 0 Å². The number of hydrogen-bond donors (Lipinski definition) is 2. The highest BCUT2D eigenvalue weighted by atomic mass is 16.1. The molecule has 104 valence electrons. The third-order valence-electron chi connectivity index (χ3n) is 3.90. The normalized spacial score (nSPS) is 21.2. The first-order valence-corrected chi connectivity index (χ1v) is 7.53. The predicted molar refractivity (Wildman–Crippen MR) is 73.5 cm³/mol. The van der Waals surface area contributed by atoms with E-state index in [9.17, 15) is 4.79 Å². The van der Waals surface area contributed by atoms with Crippen molar-refractivity contribution >= 4 is 5.91 Å². The van der Waals surface area contributed by atoms with Crippen LogP contribution in [0.25, 0.3) is 0 Å². The van der Waals surface area contributed by atoms with Crippen LogP contribution in [0, 0.1) is 0 Å². The molecule has 18 heavy (non-hydrogen) atoms. The number of hydrogen-bond acceptors (Lipinski definition) is 3. The van der Waals surface area contributed by atoms with Gasteiger partial charge in [0.1, 0.15) is 0 Å². The Morgan fingerprint density at radius 3 is 2.56 bits per heavy atom. The van der Waals surface area contributed by atoms with E-state index in [-0.39, 0.29) is 5.91 Å². The second-order valence-corrected chi connectivity index (χ2v) is 5.61. The van der Waals surface area contributed by atoms with Crippen molar-refractivity contribution < 1.29 is 4.79 Å². The molecular weight excluding hydrogens is 226 g/mol. The highest BCUT2D eigenvalue weighted by Crippen LogP contribution is 2.19. The summed E-state index contributed by atoms with van der Waals surface area (Å²) in [5, 5.41) is 6.48. The SMILES string of the molecule is CCCN(CCC(=O)NC1CC1)C1CCNCC1. The molecule has 0 unspecified atom stereocenters. The smallest absolute Gasteiger partial charge is 0.221 e. The molecule has 0 radical (unpaired) electrons. The fourth-order valence-electron chi connectivity index (χ4n) is 2.71. The van der Waals surface area contributed by atoms with Gasteiger partial charge < -0.3 is 10.6 Å². The second kappa shape index (κ2) is 7.10. The minimum absolute atomic E-state index is 0.243. The molecule has 1 heterocycles. The minimum atomic E-state index is 0.243. The lowest BCUT2D eigenvalue weighted by atomic mass is 10.0. The van der Waals surface area contributed by atoms with E-state index >= 15 is 0 Å². The van der Waals surface area contributed by atoms with Gasteiger partial charge in [-0.1, -0.05) is 6.92 Å². The largest absolute Gasteiger partial charge is 0.353 e. The van der Waals surface area contributed by atoms with E-state index in [2.05, 4.69) is 22.5 Å². The molecule has 0 aromatic heterocycles. The summed E-state index contributed by atoms with van der Waals surface area (Å²) >= 11 is 0. The Morgan fingerprint density at radius 2 is 1.94 bits per heavy atom. The topological polar surface area (TPSA) is 44.4 Å². The molecule has 0 bridgehead atoms. The highest BCUT2D eigenvalue weighted by Gasteiger charge is 2.24. The molecule has 2 fully saturated rings. The summed E-state index contributed by atoms with van der Waals surface area (Å²) in [5.41, 5.74) is 0. The van der Waals surface area contributed by atoms with Crippen molar-refractivity contribution in [2.45, 2.75) is 57.5 Å². The number of amides is 1. The molecule has 4 heteroatoms. The standard InChI is InChI=1S/C14H27N3O/c1-2-10-17(13-5-8-15-9-6-13)11-7-14(18)16-12-3-4-12/h12-13,15H,2-11H2,1H3,(H,16,18).